The molecule has 1 fully saturated rings. The third kappa shape index (κ3) is 5.80. The highest BCUT2D eigenvalue weighted by Gasteiger charge is 2.22. The Kier molecular flexibility index (Phi) is 8.12. The predicted molar refractivity (Wildman–Crippen MR) is 143 cm³/mol. The Bertz CT molecular complexity index is 1210. The number of carbonyl (C=O) groups excluding carboxylic acids is 1. The van der Waals surface area contributed by atoms with Gasteiger partial charge in [0.15, 0.2) is 5.82 Å². The third-order valence-corrected chi connectivity index (χ3v) is 6.60. The van der Waals surface area contributed by atoms with Crippen molar-refractivity contribution >= 4 is 46.4 Å². The van der Waals surface area contributed by atoms with E-state index in [9.17, 15) is 4.79 Å². The minimum absolute atomic E-state index is 0.309. The smallest absolute Gasteiger partial charge is 0.339 e. The second-order valence-electron chi connectivity index (χ2n) is 8.74. The minimum Gasteiger partial charge on any atom is -0.494 e. The lowest BCUT2D eigenvalue weighted by atomic mass is 10.0. The van der Waals surface area contributed by atoms with Crippen LogP contribution < -0.4 is 20.3 Å². The Balaban J connectivity index is 1.52. The van der Waals surface area contributed by atoms with Crippen LogP contribution in [0.25, 0.3) is 0 Å². The Hall–Kier alpha value is -3.56. The fourth-order valence-corrected chi connectivity index (χ4v) is 4.40. The van der Waals surface area contributed by atoms with E-state index in [1.807, 2.05) is 12.1 Å². The third-order valence-electron chi connectivity index (χ3n) is 6.32. The molecule has 10 heteroatoms. The maximum atomic E-state index is 12.1. The van der Waals surface area contributed by atoms with Gasteiger partial charge in [0.1, 0.15) is 10.8 Å². The number of ether oxygens (including phenoxy) is 2. The molecule has 0 atom stereocenters. The molecule has 0 unspecified atom stereocenters. The number of anilines is 5. The lowest BCUT2D eigenvalue weighted by molar-refractivity contribution is 0.0602. The van der Waals surface area contributed by atoms with Crippen LogP contribution in [0.1, 0.15) is 23.2 Å². The Labute approximate surface area is 216 Å². The van der Waals surface area contributed by atoms with Gasteiger partial charge in [-0.15, -0.1) is 0 Å². The summed E-state index contributed by atoms with van der Waals surface area (Å²) in [6.45, 7) is 2.00. The van der Waals surface area contributed by atoms with Crippen LogP contribution in [0, 0.1) is 0 Å². The molecule has 2 heterocycles. The quantitative estimate of drug-likeness (QED) is 0.408. The summed E-state index contributed by atoms with van der Waals surface area (Å²) in [6, 6.07) is 13.7. The van der Waals surface area contributed by atoms with Crippen molar-refractivity contribution in [3.8, 4) is 5.75 Å². The van der Waals surface area contributed by atoms with Crippen LogP contribution in [0.15, 0.2) is 48.7 Å². The Morgan fingerprint density at radius 3 is 2.53 bits per heavy atom. The summed E-state index contributed by atoms with van der Waals surface area (Å²) in [4.78, 5) is 25.6. The first-order chi connectivity index (χ1) is 17.4. The zero-order valence-corrected chi connectivity index (χ0v) is 21.7. The van der Waals surface area contributed by atoms with E-state index in [0.717, 1.165) is 37.3 Å². The van der Waals surface area contributed by atoms with Gasteiger partial charge in [-0.05, 0) is 51.2 Å². The summed E-state index contributed by atoms with van der Waals surface area (Å²) in [6.07, 6.45) is 3.75. The highest BCUT2D eigenvalue weighted by molar-refractivity contribution is 6.33. The summed E-state index contributed by atoms with van der Waals surface area (Å²) in [5.41, 5.74) is 2.74. The summed E-state index contributed by atoms with van der Waals surface area (Å²) in [5, 5.41) is 6.63. The molecule has 0 aliphatic carbocycles. The van der Waals surface area contributed by atoms with Gasteiger partial charge in [-0.3, -0.25) is 0 Å². The molecule has 0 spiro atoms. The van der Waals surface area contributed by atoms with Crippen molar-refractivity contribution in [3.05, 3.63) is 59.2 Å². The van der Waals surface area contributed by atoms with E-state index in [-0.39, 0.29) is 0 Å². The van der Waals surface area contributed by atoms with Crippen molar-refractivity contribution in [1.82, 2.24) is 14.9 Å². The summed E-state index contributed by atoms with van der Waals surface area (Å²) >= 11 is 6.35. The van der Waals surface area contributed by atoms with Gasteiger partial charge < -0.3 is 29.9 Å². The number of hydrogen-bond donors (Lipinski definition) is 2. The number of methoxy groups -OCH3 is 2. The van der Waals surface area contributed by atoms with E-state index in [0.29, 0.717) is 39.8 Å². The van der Waals surface area contributed by atoms with E-state index in [1.165, 1.54) is 13.3 Å². The van der Waals surface area contributed by atoms with Gasteiger partial charge in [-0.25, -0.2) is 9.78 Å². The molecule has 2 aromatic carbocycles. The molecular weight excluding hydrogens is 480 g/mol. The molecule has 1 aliphatic rings. The van der Waals surface area contributed by atoms with Gasteiger partial charge in [0, 0.05) is 30.9 Å². The van der Waals surface area contributed by atoms with Gasteiger partial charge in [0.05, 0.1) is 37.4 Å². The molecule has 1 aromatic heterocycles. The topological polar surface area (TPSA) is 91.8 Å². The zero-order chi connectivity index (χ0) is 25.7. The van der Waals surface area contributed by atoms with E-state index in [2.05, 4.69) is 50.6 Å². The van der Waals surface area contributed by atoms with Crippen molar-refractivity contribution in [1.29, 1.82) is 0 Å². The average Bonchev–Trinajstić information content (AvgIpc) is 2.90. The number of para-hydroxylation sites is 1. The first-order valence-electron chi connectivity index (χ1n) is 11.7. The molecule has 3 aromatic rings. The monoisotopic (exact) mass is 510 g/mol. The van der Waals surface area contributed by atoms with Gasteiger partial charge in [-0.1, -0.05) is 23.7 Å². The standard InChI is InChI=1S/C26H31ClN6O3/c1-32(2)17-11-13-33(14-12-17)18-9-10-22(23(15-18)35-3)30-26-28-16-20(27)24(31-26)29-21-8-6-5-7-19(21)25(34)36-4/h5-10,15-17H,11-14H2,1-4H3,(H2,28,29,30,31). The average molecular weight is 511 g/mol. The molecule has 0 amide bonds. The number of nitrogens with zero attached hydrogens (tertiary/aromatic N) is 4. The molecule has 1 aliphatic heterocycles. The zero-order valence-electron chi connectivity index (χ0n) is 20.9. The number of benzene rings is 2. The lowest BCUT2D eigenvalue weighted by Gasteiger charge is -2.36. The van der Waals surface area contributed by atoms with Crippen molar-refractivity contribution in [2.45, 2.75) is 18.9 Å². The van der Waals surface area contributed by atoms with Gasteiger partial charge >= 0.3 is 5.97 Å². The highest BCUT2D eigenvalue weighted by atomic mass is 35.5. The van der Waals surface area contributed by atoms with Crippen molar-refractivity contribution < 1.29 is 14.3 Å². The van der Waals surface area contributed by atoms with Crippen molar-refractivity contribution in [2.24, 2.45) is 0 Å². The SMILES string of the molecule is COC(=O)c1ccccc1Nc1nc(Nc2ccc(N3CCC(N(C)C)CC3)cc2OC)ncc1Cl. The number of halogens is 1. The highest BCUT2D eigenvalue weighted by Crippen LogP contribution is 2.34. The summed E-state index contributed by atoms with van der Waals surface area (Å²) in [7, 11) is 7.26. The number of aromatic nitrogens is 2. The number of rotatable bonds is 8. The van der Waals surface area contributed by atoms with E-state index < -0.39 is 5.97 Å². The minimum atomic E-state index is -0.461. The van der Waals surface area contributed by atoms with Crippen LogP contribution in [0.5, 0.6) is 5.75 Å². The van der Waals surface area contributed by atoms with Crippen LogP contribution in [0.4, 0.5) is 28.8 Å². The number of carbonyl (C=O) groups is 1. The van der Waals surface area contributed by atoms with Gasteiger partial charge in [0.2, 0.25) is 5.95 Å². The molecule has 0 radical (unpaired) electrons. The second kappa shape index (κ2) is 11.5. The van der Waals surface area contributed by atoms with Crippen LogP contribution in [0.2, 0.25) is 5.02 Å². The molecule has 2 N–H and O–H groups in total. The molecule has 9 nitrogen and oxygen atoms in total. The fraction of sp³-hybridized carbons (Fsp3) is 0.346. The molecule has 0 bridgehead atoms. The normalized spacial score (nSPS) is 14.0. The van der Waals surface area contributed by atoms with E-state index >= 15 is 0 Å². The van der Waals surface area contributed by atoms with E-state index in [4.69, 9.17) is 21.1 Å². The Morgan fingerprint density at radius 1 is 1.08 bits per heavy atom. The molecule has 0 saturated carbocycles. The summed E-state index contributed by atoms with van der Waals surface area (Å²) in [5.74, 6) is 0.906. The molecular formula is C26H31ClN6O3. The fourth-order valence-electron chi connectivity index (χ4n) is 4.26. The second-order valence-corrected chi connectivity index (χ2v) is 9.15. The van der Waals surface area contributed by atoms with Crippen LogP contribution in [0.3, 0.4) is 0 Å². The summed E-state index contributed by atoms with van der Waals surface area (Å²) < 4.78 is 10.5. The number of esters is 1. The maximum Gasteiger partial charge on any atom is 0.339 e. The molecule has 36 heavy (non-hydrogen) atoms. The predicted octanol–water partition coefficient (Wildman–Crippen LogP) is 4.94. The van der Waals surface area contributed by atoms with Gasteiger partial charge in [0.25, 0.3) is 0 Å². The largest absolute Gasteiger partial charge is 0.494 e. The van der Waals surface area contributed by atoms with Crippen LogP contribution in [-0.2, 0) is 4.74 Å². The first kappa shape index (κ1) is 25.5. The number of hydrogen-bond acceptors (Lipinski definition) is 9. The van der Waals surface area contributed by atoms with Gasteiger partial charge in [-0.2, -0.15) is 4.98 Å². The van der Waals surface area contributed by atoms with Crippen LogP contribution >= 0.6 is 11.6 Å². The molecule has 190 valence electrons. The van der Waals surface area contributed by atoms with E-state index in [1.54, 1.807) is 31.4 Å². The van der Waals surface area contributed by atoms with Crippen molar-refractivity contribution in [3.63, 3.8) is 0 Å². The number of piperidine rings is 1. The number of nitrogens with one attached hydrogen (secondary N) is 2. The maximum absolute atomic E-state index is 12.1. The van der Waals surface area contributed by atoms with Crippen molar-refractivity contribution in [2.75, 3.05) is 56.9 Å². The molecule has 1 saturated heterocycles. The lowest BCUT2D eigenvalue weighted by Crippen LogP contribution is -2.41. The Morgan fingerprint density at radius 2 is 1.83 bits per heavy atom. The van der Waals surface area contributed by atoms with Crippen LogP contribution in [-0.4, -0.2) is 68.3 Å². The first-order valence-corrected chi connectivity index (χ1v) is 12.1. The molecule has 4 rings (SSSR count).